The van der Waals surface area contributed by atoms with E-state index in [4.69, 9.17) is 29.4 Å². The van der Waals surface area contributed by atoms with Crippen molar-refractivity contribution < 1.29 is 29.4 Å². The quantitative estimate of drug-likeness (QED) is 0.297. The number of hydrogen-bond donors (Lipinski definition) is 6. The maximum atomic E-state index is 7.56. The normalized spacial score (nSPS) is 8.43. The summed E-state index contributed by atoms with van der Waals surface area (Å²) in [5, 5.41) is 0. The Hall–Kier alpha value is 2.46. The van der Waals surface area contributed by atoms with Crippen LogP contribution in [0.3, 0.4) is 0 Å². The van der Waals surface area contributed by atoms with Crippen molar-refractivity contribution in [2.75, 3.05) is 0 Å². The molecule has 6 nitrogen and oxygen atoms in total. The molecule has 6 N–H and O–H groups in total. The smallest absolute Gasteiger partial charge is 0.319 e. The largest absolute Gasteiger partial charge is 0.325 e. The zero-order chi connectivity index (χ0) is 9.00. The van der Waals surface area contributed by atoms with Crippen molar-refractivity contribution in [3.63, 3.8) is 0 Å². The fraction of sp³-hybridized carbons (Fsp3) is 0. The first-order valence-corrected chi connectivity index (χ1v) is 6.89. The number of hydrogen-bond acceptors (Lipinski definition) is 2. The van der Waals surface area contributed by atoms with Gasteiger partial charge in [-0.1, -0.05) is 0 Å². The Morgan fingerprint density at radius 2 is 0.500 bits per heavy atom. The summed E-state index contributed by atoms with van der Waals surface area (Å²) in [4.78, 5) is 45.3. The predicted molar refractivity (Wildman–Crippen MR) is 83.4 cm³/mol. The third kappa shape index (κ3) is 433. The van der Waals surface area contributed by atoms with Crippen LogP contribution in [0.5, 0.6) is 0 Å². The summed E-state index contributed by atoms with van der Waals surface area (Å²) in [6.45, 7) is -7.61. The summed E-state index contributed by atoms with van der Waals surface area (Å²) >= 11 is 7.21. The molecule has 0 heterocycles. The molecule has 0 atom stereocenters. The van der Waals surface area contributed by atoms with E-state index >= 15 is 0 Å². The van der Waals surface area contributed by atoms with Crippen molar-refractivity contribution in [3.8, 4) is 0 Å². The molecule has 0 rings (SSSR count). The molecule has 14 heteroatoms. The molecule has 0 aliphatic heterocycles. The van der Waals surface area contributed by atoms with Gasteiger partial charge in [0, 0.05) is 0 Å². The topological polar surface area (TPSA) is 121 Å². The van der Waals surface area contributed by atoms with Crippen LogP contribution >= 0.6 is 67.4 Å². The molecule has 0 radical (unpaired) electrons. The average Bonchev–Trinajstić information content (AvgIpc) is 1.12. The Labute approximate surface area is 120 Å². The van der Waals surface area contributed by atoms with Gasteiger partial charge in [-0.2, -0.15) is 54.0 Å². The van der Waals surface area contributed by atoms with Crippen LogP contribution < -0.4 is 0 Å². The van der Waals surface area contributed by atoms with E-state index in [1.807, 2.05) is 0 Å². The fourth-order valence-corrected chi connectivity index (χ4v) is 0. The molecule has 0 aromatic carbocycles. The molecule has 96 valence electrons. The Kier molecular flexibility index (Phi) is 39.7. The lowest BCUT2D eigenvalue weighted by atomic mass is 15.8. The van der Waals surface area contributed by atoms with Crippen LogP contribution in [0, 0.1) is 0 Å². The van der Waals surface area contributed by atoms with Gasteiger partial charge in [-0.05, 0) is 23.6 Å². The molecule has 0 bridgehead atoms. The zero-order valence-corrected chi connectivity index (χ0v) is 13.8. The summed E-state index contributed by atoms with van der Waals surface area (Å²) < 4.78 is 0. The van der Waals surface area contributed by atoms with Gasteiger partial charge >= 0.3 is 13.4 Å². The molecular formula is H14O6P2S6. The highest BCUT2D eigenvalue weighted by Crippen LogP contribution is 2.26. The van der Waals surface area contributed by atoms with E-state index in [2.05, 4.69) is 23.6 Å². The van der Waals surface area contributed by atoms with Crippen LogP contribution in [0.4, 0.5) is 0 Å². The maximum Gasteiger partial charge on any atom is 0.319 e. The van der Waals surface area contributed by atoms with E-state index in [-0.39, 0.29) is 54.0 Å². The molecule has 0 aromatic rings. The summed E-state index contributed by atoms with van der Waals surface area (Å²) in [7, 11) is 0. The summed E-state index contributed by atoms with van der Waals surface area (Å²) in [5.41, 5.74) is 0. The molecular weight excluding hydrogens is 350 g/mol. The van der Waals surface area contributed by atoms with Crippen molar-refractivity contribution in [1.29, 1.82) is 0 Å². The van der Waals surface area contributed by atoms with Crippen LogP contribution in [-0.2, 0) is 23.6 Å². The van der Waals surface area contributed by atoms with Gasteiger partial charge in [-0.3, -0.25) is 0 Å². The molecule has 0 amide bonds. The second kappa shape index (κ2) is 15.5. The van der Waals surface area contributed by atoms with Crippen LogP contribution in [0.1, 0.15) is 0 Å². The van der Waals surface area contributed by atoms with E-state index in [9.17, 15) is 0 Å². The molecule has 0 aromatic heterocycles. The minimum Gasteiger partial charge on any atom is -0.325 e. The summed E-state index contributed by atoms with van der Waals surface area (Å²) in [5.74, 6) is 0. The van der Waals surface area contributed by atoms with Gasteiger partial charge in [-0.25, -0.2) is 0 Å². The number of rotatable bonds is 0. The van der Waals surface area contributed by atoms with E-state index in [1.54, 1.807) is 0 Å². The molecule has 0 saturated carbocycles. The highest BCUT2D eigenvalue weighted by Gasteiger charge is 1.92. The van der Waals surface area contributed by atoms with Crippen LogP contribution in [-0.4, -0.2) is 29.4 Å². The molecule has 0 saturated heterocycles. The van der Waals surface area contributed by atoms with Gasteiger partial charge in [0.05, 0.1) is 0 Å². The van der Waals surface area contributed by atoms with Gasteiger partial charge in [0.1, 0.15) is 0 Å². The first kappa shape index (κ1) is 36.0. The van der Waals surface area contributed by atoms with Gasteiger partial charge in [-0.15, -0.1) is 0 Å². The summed E-state index contributed by atoms with van der Waals surface area (Å²) in [6, 6.07) is 0. The molecule has 0 spiro atoms. The SMILES string of the molecule is OP(O)(O)=S.OP(O)(O)=S.S.S.S.S. The Morgan fingerprint density at radius 3 is 0.500 bits per heavy atom. The lowest BCUT2D eigenvalue weighted by Gasteiger charge is -1.88. The zero-order valence-electron chi connectivity index (χ0n) is 6.39. The van der Waals surface area contributed by atoms with E-state index in [0.29, 0.717) is 0 Å². The third-order valence-corrected chi connectivity index (χ3v) is 0. The van der Waals surface area contributed by atoms with E-state index < -0.39 is 13.4 Å². The van der Waals surface area contributed by atoms with Gasteiger partial charge < -0.3 is 29.4 Å². The van der Waals surface area contributed by atoms with Gasteiger partial charge in [0.25, 0.3) is 0 Å². The Morgan fingerprint density at radius 1 is 0.500 bits per heavy atom. The molecule has 0 fully saturated rings. The van der Waals surface area contributed by atoms with Crippen molar-refractivity contribution in [2.24, 2.45) is 0 Å². The highest BCUT2D eigenvalue weighted by molar-refractivity contribution is 8.06. The first-order chi connectivity index (χ1) is 4.00. The Bertz CT molecular complexity index is 133. The van der Waals surface area contributed by atoms with E-state index in [0.717, 1.165) is 0 Å². The van der Waals surface area contributed by atoms with Crippen LogP contribution in [0.25, 0.3) is 0 Å². The molecule has 0 aliphatic carbocycles. The molecule has 0 unspecified atom stereocenters. The minimum absolute atomic E-state index is 0. The summed E-state index contributed by atoms with van der Waals surface area (Å²) in [6.07, 6.45) is 0. The van der Waals surface area contributed by atoms with Crippen molar-refractivity contribution in [1.82, 2.24) is 0 Å². The van der Waals surface area contributed by atoms with Crippen LogP contribution in [0.2, 0.25) is 0 Å². The van der Waals surface area contributed by atoms with E-state index in [1.165, 1.54) is 0 Å². The maximum absolute atomic E-state index is 7.56. The van der Waals surface area contributed by atoms with Gasteiger partial charge in [0.2, 0.25) is 0 Å². The van der Waals surface area contributed by atoms with Crippen molar-refractivity contribution in [2.45, 2.75) is 0 Å². The predicted octanol–water partition coefficient (Wildman–Crippen LogP) is -1.17. The second-order valence-corrected chi connectivity index (χ2v) is 6.02. The third-order valence-electron chi connectivity index (χ3n) is 0. The molecule has 14 heavy (non-hydrogen) atoms. The second-order valence-electron chi connectivity index (χ2n) is 1.03. The average molecular weight is 364 g/mol. The van der Waals surface area contributed by atoms with Crippen molar-refractivity contribution in [3.05, 3.63) is 0 Å². The Balaban J connectivity index is -0.0000000178. The molecule has 0 aliphatic rings. The van der Waals surface area contributed by atoms with Gasteiger partial charge in [0.15, 0.2) is 0 Å². The lowest BCUT2D eigenvalue weighted by Crippen LogP contribution is -1.65. The van der Waals surface area contributed by atoms with Crippen molar-refractivity contribution >= 4 is 91.0 Å². The fourth-order valence-electron chi connectivity index (χ4n) is 0. The monoisotopic (exact) mass is 364 g/mol. The minimum atomic E-state index is -3.81. The lowest BCUT2D eigenvalue weighted by molar-refractivity contribution is 0.361. The highest BCUT2D eigenvalue weighted by atomic mass is 32.5. The standard InChI is InChI=1S/2H3O3PS.4H2S/c2*1-4(2,3)5;;;;/h2*(H3,1,2,3,5);4*1H2. The van der Waals surface area contributed by atoms with Crippen LogP contribution in [0.15, 0.2) is 0 Å². The first-order valence-electron chi connectivity index (χ1n) is 1.57.